The van der Waals surface area contributed by atoms with E-state index in [0.29, 0.717) is 29.5 Å². The molecular weight excluding hydrogens is 416 g/mol. The molecule has 0 aromatic heterocycles. The van der Waals surface area contributed by atoms with Crippen molar-refractivity contribution in [1.82, 2.24) is 9.21 Å². The van der Waals surface area contributed by atoms with Crippen molar-refractivity contribution in [1.29, 1.82) is 0 Å². The number of para-hydroxylation sites is 2. The van der Waals surface area contributed by atoms with Crippen LogP contribution in [0.1, 0.15) is 22.3 Å². The lowest BCUT2D eigenvalue weighted by molar-refractivity contribution is -0.142. The number of amides is 1. The average molecular weight is 445 g/mol. The number of ether oxygens (including phenoxy) is 2. The molecule has 0 aliphatic carbocycles. The number of hydrogen-bond acceptors (Lipinski definition) is 5. The summed E-state index contributed by atoms with van der Waals surface area (Å²) in [6, 6.07) is 9.27. The first-order valence-electron chi connectivity index (χ1n) is 10.4. The molecule has 1 amide bonds. The first-order valence-corrected chi connectivity index (χ1v) is 11.9. The van der Waals surface area contributed by atoms with Gasteiger partial charge in [-0.1, -0.05) is 18.2 Å². The van der Waals surface area contributed by atoms with Crippen molar-refractivity contribution in [3.63, 3.8) is 0 Å². The van der Waals surface area contributed by atoms with Crippen LogP contribution in [-0.2, 0) is 14.8 Å². The van der Waals surface area contributed by atoms with Gasteiger partial charge < -0.3 is 14.4 Å². The first-order chi connectivity index (χ1) is 14.7. The summed E-state index contributed by atoms with van der Waals surface area (Å²) in [5, 5.41) is 0. The van der Waals surface area contributed by atoms with Gasteiger partial charge in [0.25, 0.3) is 5.91 Å². The van der Waals surface area contributed by atoms with Crippen LogP contribution in [0.3, 0.4) is 0 Å². The highest BCUT2D eigenvalue weighted by atomic mass is 32.2. The van der Waals surface area contributed by atoms with Crippen LogP contribution in [0.4, 0.5) is 0 Å². The largest absolute Gasteiger partial charge is 0.485 e. The van der Waals surface area contributed by atoms with Crippen molar-refractivity contribution in [2.24, 2.45) is 0 Å². The smallest absolute Gasteiger partial charge is 0.267 e. The third-order valence-electron chi connectivity index (χ3n) is 6.23. The molecule has 1 atom stereocenters. The number of carbonyl (C=O) groups excluding carboxylic acids is 1. The van der Waals surface area contributed by atoms with Gasteiger partial charge in [-0.2, -0.15) is 4.31 Å². The maximum atomic E-state index is 13.4. The molecule has 0 spiro atoms. The van der Waals surface area contributed by atoms with Crippen LogP contribution < -0.4 is 9.47 Å². The van der Waals surface area contributed by atoms with Crippen LogP contribution in [0.5, 0.6) is 11.5 Å². The molecule has 1 fully saturated rings. The molecule has 0 N–H and O–H groups in total. The summed E-state index contributed by atoms with van der Waals surface area (Å²) in [7, 11) is -3.64. The van der Waals surface area contributed by atoms with Crippen LogP contribution in [0.15, 0.2) is 35.2 Å². The molecule has 2 aliphatic rings. The number of benzene rings is 2. The standard InChI is InChI=1S/C23H28N2O5S/c1-15-13-16(2)18(4)22(17(15)3)31(27,28)25-11-9-24(10-12-25)23(26)21-14-29-19-7-5-6-8-20(19)30-21/h5-8,13,21H,9-12,14H2,1-4H3. The summed E-state index contributed by atoms with van der Waals surface area (Å²) >= 11 is 0. The van der Waals surface area contributed by atoms with Gasteiger partial charge in [0.1, 0.15) is 6.61 Å². The van der Waals surface area contributed by atoms with Gasteiger partial charge in [0.15, 0.2) is 11.5 Å². The second-order valence-electron chi connectivity index (χ2n) is 8.18. The maximum absolute atomic E-state index is 13.4. The van der Waals surface area contributed by atoms with Gasteiger partial charge >= 0.3 is 0 Å². The zero-order chi connectivity index (χ0) is 22.3. The average Bonchev–Trinajstić information content (AvgIpc) is 2.77. The number of nitrogens with zero attached hydrogens (tertiary/aromatic N) is 2. The summed E-state index contributed by atoms with van der Waals surface area (Å²) in [5.74, 6) is 1.00. The molecule has 7 nitrogen and oxygen atoms in total. The van der Waals surface area contributed by atoms with E-state index < -0.39 is 16.1 Å². The van der Waals surface area contributed by atoms with Crippen LogP contribution in [0, 0.1) is 27.7 Å². The van der Waals surface area contributed by atoms with Crippen LogP contribution in [0.2, 0.25) is 0 Å². The van der Waals surface area contributed by atoms with Gasteiger partial charge in [-0.25, -0.2) is 8.42 Å². The van der Waals surface area contributed by atoms with Crippen molar-refractivity contribution in [2.75, 3.05) is 32.8 Å². The Hall–Kier alpha value is -2.58. The lowest BCUT2D eigenvalue weighted by Gasteiger charge is -2.37. The predicted molar refractivity (Wildman–Crippen MR) is 117 cm³/mol. The molecule has 1 unspecified atom stereocenters. The molecule has 0 radical (unpaired) electrons. The summed E-state index contributed by atoms with van der Waals surface area (Å²) in [5.41, 5.74) is 3.50. The van der Waals surface area contributed by atoms with Gasteiger partial charge in [-0.05, 0) is 62.1 Å². The van der Waals surface area contributed by atoms with E-state index in [4.69, 9.17) is 9.47 Å². The summed E-state index contributed by atoms with van der Waals surface area (Å²) in [4.78, 5) is 15.0. The Morgan fingerprint density at radius 1 is 0.935 bits per heavy atom. The molecule has 0 bridgehead atoms. The molecule has 1 saturated heterocycles. The Morgan fingerprint density at radius 2 is 1.52 bits per heavy atom. The molecule has 2 aromatic rings. The third kappa shape index (κ3) is 3.90. The van der Waals surface area contributed by atoms with Gasteiger partial charge in [-0.3, -0.25) is 4.79 Å². The molecule has 8 heteroatoms. The Morgan fingerprint density at radius 3 is 2.13 bits per heavy atom. The lowest BCUT2D eigenvalue weighted by atomic mass is 10.0. The minimum atomic E-state index is -3.64. The Labute approximate surface area is 183 Å². The number of aryl methyl sites for hydroxylation is 2. The number of sulfonamides is 1. The highest BCUT2D eigenvalue weighted by Gasteiger charge is 2.36. The molecule has 0 saturated carbocycles. The van der Waals surface area contributed by atoms with E-state index in [0.717, 1.165) is 22.3 Å². The maximum Gasteiger partial charge on any atom is 0.267 e. The molecule has 2 aliphatic heterocycles. The van der Waals surface area contributed by atoms with Crippen LogP contribution >= 0.6 is 0 Å². The normalized spacial score (nSPS) is 19.4. The predicted octanol–water partition coefficient (Wildman–Crippen LogP) is 2.59. The Kier molecular flexibility index (Phi) is 5.70. The van der Waals surface area contributed by atoms with Gasteiger partial charge in [-0.15, -0.1) is 0 Å². The fourth-order valence-electron chi connectivity index (χ4n) is 4.19. The third-order valence-corrected chi connectivity index (χ3v) is 8.40. The summed E-state index contributed by atoms with van der Waals surface area (Å²) in [6.45, 7) is 8.87. The Balaban J connectivity index is 1.46. The van der Waals surface area contributed by atoms with Gasteiger partial charge in [0, 0.05) is 26.2 Å². The minimum Gasteiger partial charge on any atom is -0.485 e. The number of hydrogen-bond donors (Lipinski definition) is 0. The van der Waals surface area contributed by atoms with E-state index in [-0.39, 0.29) is 25.6 Å². The number of fused-ring (bicyclic) bond motifs is 1. The summed E-state index contributed by atoms with van der Waals surface area (Å²) in [6.07, 6.45) is -0.720. The van der Waals surface area contributed by atoms with Gasteiger partial charge in [0.05, 0.1) is 4.90 Å². The molecular formula is C23H28N2O5S. The fourth-order valence-corrected chi connectivity index (χ4v) is 6.19. The Bertz CT molecular complexity index is 1090. The van der Waals surface area contributed by atoms with E-state index >= 15 is 0 Å². The zero-order valence-electron chi connectivity index (χ0n) is 18.3. The second kappa shape index (κ2) is 8.16. The molecule has 166 valence electrons. The lowest BCUT2D eigenvalue weighted by Crippen LogP contribution is -2.55. The number of carbonyl (C=O) groups is 1. The fraction of sp³-hybridized carbons (Fsp3) is 0.435. The van der Waals surface area contributed by atoms with Crippen molar-refractivity contribution >= 4 is 15.9 Å². The van der Waals surface area contributed by atoms with E-state index in [1.54, 1.807) is 17.0 Å². The van der Waals surface area contributed by atoms with Crippen molar-refractivity contribution in [3.8, 4) is 11.5 Å². The number of piperazine rings is 1. The number of rotatable bonds is 3. The molecule has 31 heavy (non-hydrogen) atoms. The topological polar surface area (TPSA) is 76.2 Å². The quantitative estimate of drug-likeness (QED) is 0.727. The van der Waals surface area contributed by atoms with E-state index in [1.807, 2.05) is 45.9 Å². The van der Waals surface area contributed by atoms with Crippen molar-refractivity contribution in [2.45, 2.75) is 38.7 Å². The summed E-state index contributed by atoms with van der Waals surface area (Å²) < 4.78 is 39.8. The highest BCUT2D eigenvalue weighted by molar-refractivity contribution is 7.89. The van der Waals surface area contributed by atoms with Gasteiger partial charge in [0.2, 0.25) is 16.1 Å². The monoisotopic (exact) mass is 444 g/mol. The minimum absolute atomic E-state index is 0.148. The van der Waals surface area contributed by atoms with Crippen molar-refractivity contribution in [3.05, 3.63) is 52.6 Å². The molecule has 4 rings (SSSR count). The van der Waals surface area contributed by atoms with E-state index in [1.165, 1.54) is 4.31 Å². The second-order valence-corrected chi connectivity index (χ2v) is 10.1. The molecule has 2 heterocycles. The first kappa shape index (κ1) is 21.6. The SMILES string of the molecule is Cc1cc(C)c(C)c(S(=O)(=O)N2CCN(C(=O)C3COc4ccccc4O3)CC2)c1C. The van der Waals surface area contributed by atoms with E-state index in [2.05, 4.69) is 0 Å². The van der Waals surface area contributed by atoms with E-state index in [9.17, 15) is 13.2 Å². The zero-order valence-corrected chi connectivity index (χ0v) is 19.2. The van der Waals surface area contributed by atoms with Crippen LogP contribution in [-0.4, -0.2) is 62.4 Å². The highest BCUT2D eigenvalue weighted by Crippen LogP contribution is 2.32. The van der Waals surface area contributed by atoms with Crippen molar-refractivity contribution < 1.29 is 22.7 Å². The van der Waals surface area contributed by atoms with Crippen LogP contribution in [0.25, 0.3) is 0 Å². The molecule has 2 aromatic carbocycles.